The van der Waals surface area contributed by atoms with Crippen LogP contribution in [0, 0.1) is 0 Å². The molecule has 0 aromatic heterocycles. The van der Waals surface area contributed by atoms with Gasteiger partial charge >= 0.3 is 46.1 Å². The van der Waals surface area contributed by atoms with E-state index in [0.29, 0.717) is 0 Å². The number of carboxylic acids is 2. The van der Waals surface area contributed by atoms with Gasteiger partial charge in [0.25, 0.3) is 0 Å². The van der Waals surface area contributed by atoms with Crippen LogP contribution in [0.1, 0.15) is 20.7 Å². The van der Waals surface area contributed by atoms with Crippen molar-refractivity contribution in [1.82, 2.24) is 0 Å². The molecule has 0 bridgehead atoms. The summed E-state index contributed by atoms with van der Waals surface area (Å²) in [5, 5.41) is 44.1. The molecule has 0 amide bonds. The Morgan fingerprint density at radius 1 is 0.682 bits per heavy atom. The smallest absolute Gasteiger partial charge is 0.872 e. The molecule has 0 unspecified atom stereocenters. The molecule has 0 heterocycles. The molecule has 2 aromatic rings. The quantitative estimate of drug-likeness (QED) is 0.574. The molecule has 0 aliphatic carbocycles. The van der Waals surface area contributed by atoms with Crippen molar-refractivity contribution >= 4 is 58.0 Å². The van der Waals surface area contributed by atoms with E-state index in [0.717, 1.165) is 24.3 Å². The predicted molar refractivity (Wildman–Crippen MR) is 70.9 cm³/mol. The Balaban J connectivity index is 0.00000220. The van der Waals surface area contributed by atoms with Gasteiger partial charge in [-0.05, 0) is 34.4 Å². The van der Waals surface area contributed by atoms with Crippen molar-refractivity contribution < 1.29 is 30.0 Å². The molecule has 6 nitrogen and oxygen atoms in total. The molecule has 0 spiro atoms. The van der Waals surface area contributed by atoms with E-state index in [1.54, 1.807) is 0 Å². The number of benzene rings is 2. The molecule has 0 aliphatic rings. The number of carbonyl (C=O) groups excluding carboxylic acids is 2. The topological polar surface area (TPSA) is 126 Å². The van der Waals surface area contributed by atoms with Crippen LogP contribution < -0.4 is 20.4 Å². The number of hydrogen-bond donors (Lipinski definition) is 0. The van der Waals surface area contributed by atoms with Gasteiger partial charge in [0.15, 0.2) is 0 Å². The number of rotatable bonds is 3. The van der Waals surface area contributed by atoms with Gasteiger partial charge in [-0.25, -0.2) is 0 Å². The summed E-state index contributed by atoms with van der Waals surface area (Å²) in [4.78, 5) is 21.5. The van der Waals surface area contributed by atoms with Crippen LogP contribution in [-0.2, 0) is 0 Å². The van der Waals surface area contributed by atoms with E-state index in [-0.39, 0.29) is 57.2 Å². The third-order valence-corrected chi connectivity index (χ3v) is 2.73. The second-order valence-electron chi connectivity index (χ2n) is 4.00. The molecule has 0 saturated carbocycles. The summed E-state index contributed by atoms with van der Waals surface area (Å²) in [7, 11) is 0. The average Bonchev–Trinajstić information content (AvgIpc) is 2.39. The van der Waals surface area contributed by atoms with E-state index in [1.165, 1.54) is 12.1 Å². The molecule has 0 atom stereocenters. The summed E-state index contributed by atoms with van der Waals surface area (Å²) < 4.78 is 0. The number of carbonyl (C=O) groups is 2. The zero-order valence-electron chi connectivity index (χ0n) is 11.3. The molecule has 8 heteroatoms. The molecule has 0 aliphatic heterocycles. The van der Waals surface area contributed by atoms with Crippen LogP contribution in [0.3, 0.4) is 0 Å². The van der Waals surface area contributed by atoms with E-state index in [2.05, 4.69) is 0 Å². The van der Waals surface area contributed by atoms with Crippen molar-refractivity contribution in [2.45, 2.75) is 0 Å². The van der Waals surface area contributed by atoms with Gasteiger partial charge < -0.3 is 30.0 Å². The average molecular weight is 319 g/mol. The normalized spacial score (nSPS) is 9.27. The monoisotopic (exact) mass is 318 g/mol. The third kappa shape index (κ3) is 4.26. The van der Waals surface area contributed by atoms with Crippen LogP contribution in [0.5, 0.6) is 11.5 Å². The van der Waals surface area contributed by atoms with Crippen LogP contribution in [0.25, 0.3) is 11.1 Å². The zero-order valence-corrected chi connectivity index (χ0v) is 14.2. The van der Waals surface area contributed by atoms with Crippen molar-refractivity contribution in [3.8, 4) is 22.6 Å². The van der Waals surface area contributed by atoms with Gasteiger partial charge in [-0.15, -0.1) is 0 Å². The minimum absolute atomic E-state index is 0. The van der Waals surface area contributed by atoms with Crippen LogP contribution in [0.15, 0.2) is 36.4 Å². The molecule has 0 saturated heterocycles. The second-order valence-corrected chi connectivity index (χ2v) is 4.00. The fourth-order valence-corrected chi connectivity index (χ4v) is 1.74. The molecular weight excluding hydrogens is 313 g/mol. The standard InChI is InChI=1S/C14H10O6.2Mg/c15-11-3-1-7(5-9(11)13(17)18)8-2-4-12(16)10(6-8)14(19)20;;/h1-6,15-16H,(H,17,18)(H,19,20);;/q;2*+2/p-4. The molecule has 2 aromatic carbocycles. The molecule has 2 rings (SSSR count). The van der Waals surface area contributed by atoms with Crippen LogP contribution in [0.4, 0.5) is 0 Å². The predicted octanol–water partition coefficient (Wildman–Crippen LogP) is -2.53. The minimum atomic E-state index is -1.63. The maximum absolute atomic E-state index is 11.3. The number of aromatic carboxylic acids is 2. The summed E-state index contributed by atoms with van der Waals surface area (Å²) in [6, 6.07) is 6.85. The van der Waals surface area contributed by atoms with E-state index < -0.39 is 34.6 Å². The molecule has 0 radical (unpaired) electrons. The Morgan fingerprint density at radius 3 is 1.27 bits per heavy atom. The van der Waals surface area contributed by atoms with Gasteiger partial charge in [0, 0.05) is 0 Å². The van der Waals surface area contributed by atoms with E-state index >= 15 is 0 Å². The number of hydrogen-bond acceptors (Lipinski definition) is 6. The fourth-order valence-electron chi connectivity index (χ4n) is 1.74. The molecule has 0 fully saturated rings. The first-order valence-corrected chi connectivity index (χ1v) is 5.45. The van der Waals surface area contributed by atoms with Gasteiger partial charge in [0.05, 0.1) is 11.9 Å². The molecule has 0 N–H and O–H groups in total. The zero-order chi connectivity index (χ0) is 14.9. The maximum Gasteiger partial charge on any atom is 2.00 e. The van der Waals surface area contributed by atoms with E-state index in [9.17, 15) is 30.0 Å². The Hall–Kier alpha value is -1.49. The third-order valence-electron chi connectivity index (χ3n) is 2.73. The van der Waals surface area contributed by atoms with Gasteiger partial charge in [0.2, 0.25) is 0 Å². The largest absolute Gasteiger partial charge is 2.00 e. The van der Waals surface area contributed by atoms with E-state index in [1.807, 2.05) is 0 Å². The summed E-state index contributed by atoms with van der Waals surface area (Å²) in [5.41, 5.74) is -0.509. The van der Waals surface area contributed by atoms with Crippen molar-refractivity contribution in [2.75, 3.05) is 0 Å². The van der Waals surface area contributed by atoms with Gasteiger partial charge in [-0.1, -0.05) is 35.8 Å². The Bertz CT molecular complexity index is 653. The van der Waals surface area contributed by atoms with Gasteiger partial charge in [0.1, 0.15) is 0 Å². The first-order chi connectivity index (χ1) is 9.40. The first kappa shape index (κ1) is 20.5. The van der Waals surface area contributed by atoms with E-state index in [4.69, 9.17) is 0 Å². The Morgan fingerprint density at radius 2 is 1.00 bits per heavy atom. The van der Waals surface area contributed by atoms with Crippen molar-refractivity contribution in [3.05, 3.63) is 47.5 Å². The van der Waals surface area contributed by atoms with Gasteiger partial charge in [-0.3, -0.25) is 0 Å². The van der Waals surface area contributed by atoms with Crippen molar-refractivity contribution in [2.24, 2.45) is 0 Å². The molecule has 22 heavy (non-hydrogen) atoms. The maximum atomic E-state index is 11.3. The SMILES string of the molecule is O=C([O-])c1cc(-c2ccc([O-])c(C(=O)[O-])c2)ccc1[O-].[Mg+2].[Mg+2]. The summed E-state index contributed by atoms with van der Waals surface area (Å²) in [6.45, 7) is 0. The molecule has 102 valence electrons. The molecular formula is C14H6Mg2O6. The second kappa shape index (κ2) is 8.23. The van der Waals surface area contributed by atoms with Crippen LogP contribution in [-0.4, -0.2) is 58.0 Å². The minimum Gasteiger partial charge on any atom is -0.872 e. The Kier molecular flexibility index (Phi) is 7.67. The summed E-state index contributed by atoms with van der Waals surface area (Å²) >= 11 is 0. The number of carboxylic acid groups (broad SMARTS) is 2. The summed E-state index contributed by atoms with van der Waals surface area (Å²) in [5.74, 6) is -4.68. The van der Waals surface area contributed by atoms with Crippen LogP contribution >= 0.6 is 0 Å². The Labute approximate surface area is 157 Å². The van der Waals surface area contributed by atoms with Crippen molar-refractivity contribution in [3.63, 3.8) is 0 Å². The van der Waals surface area contributed by atoms with Gasteiger partial charge in [-0.2, -0.15) is 0 Å². The van der Waals surface area contributed by atoms with Crippen LogP contribution in [0.2, 0.25) is 0 Å². The summed E-state index contributed by atoms with van der Waals surface area (Å²) in [6.07, 6.45) is 0. The first-order valence-electron chi connectivity index (χ1n) is 5.45. The fraction of sp³-hybridized carbons (Fsp3) is 0. The van der Waals surface area contributed by atoms with Crippen molar-refractivity contribution in [1.29, 1.82) is 0 Å².